The average molecular weight is 477 g/mol. The fourth-order valence-electron chi connectivity index (χ4n) is 5.10. The van der Waals surface area contributed by atoms with Crippen LogP contribution in [0.4, 0.5) is 11.6 Å². The molecule has 2 bridgehead atoms. The second-order valence-corrected chi connectivity index (χ2v) is 8.87. The van der Waals surface area contributed by atoms with E-state index in [0.717, 1.165) is 40.8 Å². The molecule has 1 aliphatic carbocycles. The van der Waals surface area contributed by atoms with E-state index in [4.69, 9.17) is 10.8 Å². The Kier molecular flexibility index (Phi) is 5.66. The first-order valence-electron chi connectivity index (χ1n) is 11.1. The highest BCUT2D eigenvalue weighted by molar-refractivity contribution is 6.05. The molecule has 0 radical (unpaired) electrons. The van der Waals surface area contributed by atoms with E-state index in [2.05, 4.69) is 25.6 Å². The molecule has 1 saturated carbocycles. The molecule has 9 nitrogen and oxygen atoms in total. The second-order valence-electron chi connectivity index (χ2n) is 8.87. The maximum absolute atomic E-state index is 12.7. The molecule has 1 saturated heterocycles. The molecule has 0 unspecified atom stereocenters. The van der Waals surface area contributed by atoms with Crippen LogP contribution < -0.4 is 16.4 Å². The molecule has 0 spiro atoms. The molecule has 3 atom stereocenters. The number of nitrogens with one attached hydrogen (secondary N) is 2. The Bertz CT molecular complexity index is 1370. The summed E-state index contributed by atoms with van der Waals surface area (Å²) in [5.74, 6) is 1.43. The van der Waals surface area contributed by atoms with Gasteiger partial charge in [-0.2, -0.15) is 5.10 Å². The normalized spacial score (nSPS) is 20.9. The summed E-state index contributed by atoms with van der Waals surface area (Å²) in [6.07, 6.45) is 5.41. The smallest absolute Gasteiger partial charge is 0.256 e. The molecule has 34 heavy (non-hydrogen) atoms. The van der Waals surface area contributed by atoms with Crippen molar-refractivity contribution in [3.05, 3.63) is 60.0 Å². The third-order valence-electron chi connectivity index (χ3n) is 6.79. The third-order valence-corrected chi connectivity index (χ3v) is 6.79. The number of fused-ring (bicyclic) bond motifs is 3. The summed E-state index contributed by atoms with van der Waals surface area (Å²) in [7, 11) is 0. The summed E-state index contributed by atoms with van der Waals surface area (Å²) >= 11 is 0. The highest BCUT2D eigenvalue weighted by Gasteiger charge is 2.42. The summed E-state index contributed by atoms with van der Waals surface area (Å²) < 4.78 is 2.02. The van der Waals surface area contributed by atoms with Crippen LogP contribution in [0, 0.1) is 12.8 Å². The van der Waals surface area contributed by atoms with E-state index in [-0.39, 0.29) is 24.4 Å². The maximum atomic E-state index is 12.7. The molecule has 1 aliphatic heterocycles. The number of halogens is 1. The predicted octanol–water partition coefficient (Wildman–Crippen LogP) is 3.38. The SMILES string of the molecule is Cc1cccnc1NC(=O)c1ccc(-c2nn([C@H]3C[C@@H]4CN[C@H]3C4)c3ncnc(N)c23)cc1.Cl. The van der Waals surface area contributed by atoms with Crippen LogP contribution in [-0.2, 0) is 0 Å². The minimum Gasteiger partial charge on any atom is -0.383 e. The summed E-state index contributed by atoms with van der Waals surface area (Å²) in [6.45, 7) is 2.98. The van der Waals surface area contributed by atoms with Crippen LogP contribution >= 0.6 is 12.4 Å². The fraction of sp³-hybridized carbons (Fsp3) is 0.292. The standard InChI is InChI=1S/C24H24N8O.ClH/c1-13-3-2-8-26-22(13)30-24(33)16-6-4-15(5-7-16)20-19-21(25)28-12-29-23(19)32(31-20)18-10-14-9-17(18)27-11-14;/h2-8,12,14,17-18,27H,9-11H2,1H3,(H2,25,28,29)(H,26,30,33);1H/t14-,17+,18+;/m1./s1. The molecule has 174 valence electrons. The van der Waals surface area contributed by atoms with Gasteiger partial charge >= 0.3 is 0 Å². The van der Waals surface area contributed by atoms with Gasteiger partial charge in [0, 0.05) is 23.4 Å². The number of aryl methyl sites for hydroxylation is 1. The summed E-state index contributed by atoms with van der Waals surface area (Å²) in [6, 6.07) is 11.7. The van der Waals surface area contributed by atoms with Crippen LogP contribution in [0.1, 0.15) is 34.8 Å². The number of nitrogen functional groups attached to an aromatic ring is 1. The maximum Gasteiger partial charge on any atom is 0.256 e. The van der Waals surface area contributed by atoms with E-state index in [1.54, 1.807) is 18.3 Å². The van der Waals surface area contributed by atoms with Crippen LogP contribution in [-0.4, -0.2) is 43.2 Å². The van der Waals surface area contributed by atoms with Gasteiger partial charge in [-0.05, 0) is 56.0 Å². The minimum atomic E-state index is -0.213. The average Bonchev–Trinajstić information content (AvgIpc) is 3.55. The first-order chi connectivity index (χ1) is 16.1. The van der Waals surface area contributed by atoms with E-state index < -0.39 is 0 Å². The molecule has 1 amide bonds. The lowest BCUT2D eigenvalue weighted by molar-refractivity contribution is 0.102. The van der Waals surface area contributed by atoms with Crippen molar-refractivity contribution in [1.82, 2.24) is 30.0 Å². The van der Waals surface area contributed by atoms with E-state index in [9.17, 15) is 4.79 Å². The number of hydrogen-bond donors (Lipinski definition) is 3. The predicted molar refractivity (Wildman–Crippen MR) is 133 cm³/mol. The molecular formula is C24H25ClN8O. The number of rotatable bonds is 4. The molecule has 3 aromatic heterocycles. The van der Waals surface area contributed by atoms with Crippen molar-refractivity contribution in [2.75, 3.05) is 17.6 Å². The van der Waals surface area contributed by atoms with Gasteiger partial charge in [-0.25, -0.2) is 19.6 Å². The topological polar surface area (TPSA) is 124 Å². The summed E-state index contributed by atoms with van der Waals surface area (Å²) in [5, 5.41) is 12.2. The Hall–Kier alpha value is -3.56. The highest BCUT2D eigenvalue weighted by Crippen LogP contribution is 2.41. The van der Waals surface area contributed by atoms with Crippen LogP contribution in [0.15, 0.2) is 48.9 Å². The number of anilines is 2. The Morgan fingerprint density at radius 1 is 1.15 bits per heavy atom. The Balaban J connectivity index is 0.00000241. The van der Waals surface area contributed by atoms with Crippen molar-refractivity contribution < 1.29 is 4.79 Å². The van der Waals surface area contributed by atoms with Crippen LogP contribution in [0.3, 0.4) is 0 Å². The summed E-state index contributed by atoms with van der Waals surface area (Å²) in [5.41, 5.74) is 10.1. The Morgan fingerprint density at radius 2 is 1.97 bits per heavy atom. The molecule has 2 fully saturated rings. The molecular weight excluding hydrogens is 452 g/mol. The quantitative estimate of drug-likeness (QED) is 0.412. The van der Waals surface area contributed by atoms with Crippen molar-refractivity contribution >= 4 is 41.0 Å². The van der Waals surface area contributed by atoms with Gasteiger partial charge in [0.25, 0.3) is 5.91 Å². The zero-order valence-electron chi connectivity index (χ0n) is 18.6. The molecule has 6 rings (SSSR count). The number of nitrogens with zero attached hydrogens (tertiary/aromatic N) is 5. The van der Waals surface area contributed by atoms with Crippen molar-refractivity contribution in [3.8, 4) is 11.3 Å². The van der Waals surface area contributed by atoms with Gasteiger partial charge < -0.3 is 16.4 Å². The number of piperidine rings is 1. The number of amides is 1. The van der Waals surface area contributed by atoms with Crippen LogP contribution in [0.25, 0.3) is 22.3 Å². The lowest BCUT2D eigenvalue weighted by atomic mass is 10.1. The molecule has 4 N–H and O–H groups in total. The van der Waals surface area contributed by atoms with Gasteiger partial charge in [-0.1, -0.05) is 18.2 Å². The molecule has 4 heterocycles. The van der Waals surface area contributed by atoms with E-state index in [1.807, 2.05) is 35.9 Å². The fourth-order valence-corrected chi connectivity index (χ4v) is 5.10. The molecule has 4 aromatic rings. The lowest BCUT2D eigenvalue weighted by Crippen LogP contribution is -2.35. The number of carbonyl (C=O) groups is 1. The highest BCUT2D eigenvalue weighted by atomic mass is 35.5. The van der Waals surface area contributed by atoms with E-state index >= 15 is 0 Å². The van der Waals surface area contributed by atoms with Crippen molar-refractivity contribution in [2.45, 2.75) is 31.8 Å². The first-order valence-corrected chi connectivity index (χ1v) is 11.1. The zero-order chi connectivity index (χ0) is 22.5. The zero-order valence-corrected chi connectivity index (χ0v) is 19.4. The monoisotopic (exact) mass is 476 g/mol. The number of benzene rings is 1. The van der Waals surface area contributed by atoms with Gasteiger partial charge in [-0.15, -0.1) is 12.4 Å². The van der Waals surface area contributed by atoms with Gasteiger partial charge in [0.1, 0.15) is 23.7 Å². The van der Waals surface area contributed by atoms with Gasteiger partial charge in [0.2, 0.25) is 0 Å². The Labute approximate surface area is 202 Å². The lowest BCUT2D eigenvalue weighted by Gasteiger charge is -2.23. The van der Waals surface area contributed by atoms with Crippen LogP contribution in [0.2, 0.25) is 0 Å². The van der Waals surface area contributed by atoms with Crippen molar-refractivity contribution in [1.29, 1.82) is 0 Å². The van der Waals surface area contributed by atoms with Gasteiger partial charge in [-0.3, -0.25) is 4.79 Å². The van der Waals surface area contributed by atoms with E-state index in [1.165, 1.54) is 12.7 Å². The largest absolute Gasteiger partial charge is 0.383 e. The minimum absolute atomic E-state index is 0. The van der Waals surface area contributed by atoms with Crippen LogP contribution in [0.5, 0.6) is 0 Å². The van der Waals surface area contributed by atoms with Gasteiger partial charge in [0.05, 0.1) is 11.4 Å². The molecule has 10 heteroatoms. The van der Waals surface area contributed by atoms with Crippen molar-refractivity contribution in [3.63, 3.8) is 0 Å². The number of carbonyl (C=O) groups excluding carboxylic acids is 1. The molecule has 2 aliphatic rings. The third kappa shape index (κ3) is 3.66. The Morgan fingerprint density at radius 3 is 2.68 bits per heavy atom. The number of pyridine rings is 1. The summed E-state index contributed by atoms with van der Waals surface area (Å²) in [4.78, 5) is 25.7. The number of aromatic nitrogens is 5. The first kappa shape index (κ1) is 22.2. The second kappa shape index (κ2) is 8.66. The molecule has 1 aromatic carbocycles. The van der Waals surface area contributed by atoms with E-state index in [0.29, 0.717) is 29.2 Å². The number of nitrogens with two attached hydrogens (primary N) is 1. The van der Waals surface area contributed by atoms with Gasteiger partial charge in [0.15, 0.2) is 5.65 Å². The number of hydrogen-bond acceptors (Lipinski definition) is 7. The van der Waals surface area contributed by atoms with Crippen molar-refractivity contribution in [2.24, 2.45) is 5.92 Å².